The number of nitrogens with zero attached hydrogens (tertiary/aromatic N) is 2. The van der Waals surface area contributed by atoms with Crippen molar-refractivity contribution in [3.8, 4) is 0 Å². The highest BCUT2D eigenvalue weighted by Gasteiger charge is 2.31. The zero-order chi connectivity index (χ0) is 15.2. The molecule has 0 bridgehead atoms. The molecule has 0 aliphatic carbocycles. The van der Waals surface area contributed by atoms with Crippen molar-refractivity contribution in [1.82, 2.24) is 9.80 Å². The van der Waals surface area contributed by atoms with Gasteiger partial charge in [0.2, 0.25) is 11.8 Å². The number of carbonyl (C=O) groups excluding carboxylic acids is 2. The monoisotopic (exact) mass is 289 g/mol. The van der Waals surface area contributed by atoms with Crippen LogP contribution in [-0.4, -0.2) is 54.8 Å². The van der Waals surface area contributed by atoms with Crippen LogP contribution in [0.3, 0.4) is 0 Å². The molecule has 1 aliphatic rings. The third-order valence-electron chi connectivity index (χ3n) is 3.77. The first-order chi connectivity index (χ1) is 10.1. The highest BCUT2D eigenvalue weighted by atomic mass is 16.2. The van der Waals surface area contributed by atoms with E-state index in [4.69, 9.17) is 0 Å². The van der Waals surface area contributed by atoms with E-state index < -0.39 is 0 Å². The minimum atomic E-state index is -0.0653. The Morgan fingerprint density at radius 2 is 2.00 bits per heavy atom. The Hall–Kier alpha value is -1.88. The van der Waals surface area contributed by atoms with Crippen molar-refractivity contribution < 1.29 is 9.59 Å². The molecule has 1 atom stereocenters. The number of benzene rings is 1. The lowest BCUT2D eigenvalue weighted by molar-refractivity contribution is -0.133. The fourth-order valence-corrected chi connectivity index (χ4v) is 2.66. The van der Waals surface area contributed by atoms with E-state index in [1.54, 1.807) is 19.0 Å². The van der Waals surface area contributed by atoms with Crippen molar-refractivity contribution in [2.24, 2.45) is 0 Å². The molecule has 114 valence electrons. The van der Waals surface area contributed by atoms with Crippen molar-refractivity contribution in [2.45, 2.75) is 25.3 Å². The van der Waals surface area contributed by atoms with Gasteiger partial charge in [0.15, 0.2) is 0 Å². The lowest BCUT2D eigenvalue weighted by Gasteiger charge is -2.25. The summed E-state index contributed by atoms with van der Waals surface area (Å²) in [5.41, 5.74) is 0.810. The number of carbonyl (C=O) groups is 2. The Morgan fingerprint density at radius 3 is 2.67 bits per heavy atom. The van der Waals surface area contributed by atoms with Gasteiger partial charge >= 0.3 is 0 Å². The van der Waals surface area contributed by atoms with Gasteiger partial charge in [0, 0.05) is 32.7 Å². The molecule has 1 aromatic carbocycles. The largest absolute Gasteiger partial charge is 0.347 e. The quantitative estimate of drug-likeness (QED) is 0.895. The molecule has 1 aromatic rings. The summed E-state index contributed by atoms with van der Waals surface area (Å²) in [5.74, 6) is 0.125. The molecule has 1 fully saturated rings. The van der Waals surface area contributed by atoms with Gasteiger partial charge in [-0.25, -0.2) is 0 Å². The van der Waals surface area contributed by atoms with Crippen LogP contribution in [0.2, 0.25) is 0 Å². The maximum absolute atomic E-state index is 12.1. The van der Waals surface area contributed by atoms with Gasteiger partial charge in [-0.3, -0.25) is 14.5 Å². The summed E-state index contributed by atoms with van der Waals surface area (Å²) >= 11 is 0. The van der Waals surface area contributed by atoms with Gasteiger partial charge in [0.05, 0.1) is 6.04 Å². The van der Waals surface area contributed by atoms with E-state index >= 15 is 0 Å². The number of hydrogen-bond donors (Lipinski definition) is 1. The molecule has 1 N–H and O–H groups in total. The third-order valence-corrected chi connectivity index (χ3v) is 3.77. The predicted molar refractivity (Wildman–Crippen MR) is 83.0 cm³/mol. The van der Waals surface area contributed by atoms with Gasteiger partial charge in [-0.05, 0) is 31.5 Å². The molecule has 1 heterocycles. The Kier molecular flexibility index (Phi) is 5.33. The van der Waals surface area contributed by atoms with Crippen LogP contribution in [0.1, 0.15) is 19.3 Å². The van der Waals surface area contributed by atoms with Crippen molar-refractivity contribution in [3.63, 3.8) is 0 Å². The van der Waals surface area contributed by atoms with Gasteiger partial charge in [-0.2, -0.15) is 0 Å². The molecule has 2 rings (SSSR count). The summed E-state index contributed by atoms with van der Waals surface area (Å²) in [7, 11) is 3.56. The second-order valence-corrected chi connectivity index (χ2v) is 5.59. The summed E-state index contributed by atoms with van der Waals surface area (Å²) in [6.45, 7) is 1.52. The molecule has 0 aromatic heterocycles. The predicted octanol–water partition coefficient (Wildman–Crippen LogP) is 1.57. The molecule has 21 heavy (non-hydrogen) atoms. The van der Waals surface area contributed by atoms with Crippen LogP contribution in [0, 0.1) is 0 Å². The van der Waals surface area contributed by atoms with Crippen molar-refractivity contribution >= 4 is 17.5 Å². The molecule has 2 amide bonds. The molecule has 1 saturated heterocycles. The van der Waals surface area contributed by atoms with Gasteiger partial charge in [0.25, 0.3) is 0 Å². The number of para-hydroxylation sites is 1. The zero-order valence-corrected chi connectivity index (χ0v) is 12.7. The van der Waals surface area contributed by atoms with Crippen LogP contribution < -0.4 is 5.32 Å². The molecule has 0 saturated carbocycles. The molecular weight excluding hydrogens is 266 g/mol. The van der Waals surface area contributed by atoms with Crippen molar-refractivity contribution in [1.29, 1.82) is 0 Å². The van der Waals surface area contributed by atoms with E-state index in [-0.39, 0.29) is 17.9 Å². The molecule has 0 spiro atoms. The van der Waals surface area contributed by atoms with Crippen LogP contribution in [0.15, 0.2) is 30.3 Å². The SMILES string of the molecule is CN(C)C(=O)[C@H]1CCCN1CCC(=O)Nc1ccccc1. The Morgan fingerprint density at radius 1 is 1.29 bits per heavy atom. The third kappa shape index (κ3) is 4.29. The number of likely N-dealkylation sites (N-methyl/N-ethyl adjacent to an activating group) is 1. The van der Waals surface area contributed by atoms with E-state index in [0.717, 1.165) is 25.1 Å². The van der Waals surface area contributed by atoms with Crippen LogP contribution in [0.25, 0.3) is 0 Å². The average molecular weight is 289 g/mol. The molecule has 0 radical (unpaired) electrons. The first-order valence-electron chi connectivity index (χ1n) is 7.38. The summed E-state index contributed by atoms with van der Waals surface area (Å²) in [5, 5.41) is 2.87. The van der Waals surface area contributed by atoms with Crippen LogP contribution >= 0.6 is 0 Å². The molecule has 5 heteroatoms. The molecule has 0 unspecified atom stereocenters. The van der Waals surface area contributed by atoms with Gasteiger partial charge in [-0.15, -0.1) is 0 Å². The highest BCUT2D eigenvalue weighted by molar-refractivity contribution is 5.90. The first-order valence-corrected chi connectivity index (χ1v) is 7.38. The van der Waals surface area contributed by atoms with E-state index in [1.807, 2.05) is 30.3 Å². The number of hydrogen-bond acceptors (Lipinski definition) is 3. The fourth-order valence-electron chi connectivity index (χ4n) is 2.66. The lowest BCUT2D eigenvalue weighted by Crippen LogP contribution is -2.43. The summed E-state index contributed by atoms with van der Waals surface area (Å²) in [4.78, 5) is 27.8. The van der Waals surface area contributed by atoms with E-state index in [2.05, 4.69) is 10.2 Å². The second-order valence-electron chi connectivity index (χ2n) is 5.59. The van der Waals surface area contributed by atoms with Gasteiger partial charge < -0.3 is 10.2 Å². The van der Waals surface area contributed by atoms with E-state index in [9.17, 15) is 9.59 Å². The highest BCUT2D eigenvalue weighted by Crippen LogP contribution is 2.19. The maximum atomic E-state index is 12.1. The average Bonchev–Trinajstić information content (AvgIpc) is 2.93. The second kappa shape index (κ2) is 7.22. The smallest absolute Gasteiger partial charge is 0.239 e. The van der Waals surface area contributed by atoms with E-state index in [1.165, 1.54) is 0 Å². The van der Waals surface area contributed by atoms with Gasteiger partial charge in [-0.1, -0.05) is 18.2 Å². The maximum Gasteiger partial charge on any atom is 0.239 e. The summed E-state index contributed by atoms with van der Waals surface area (Å²) in [6.07, 6.45) is 2.31. The first kappa shape index (κ1) is 15.5. The molecule has 5 nitrogen and oxygen atoms in total. The lowest BCUT2D eigenvalue weighted by atomic mass is 10.2. The standard InChI is InChI=1S/C16H23N3O2/c1-18(2)16(21)14-9-6-11-19(14)12-10-15(20)17-13-7-4-3-5-8-13/h3-5,7-8,14H,6,9-12H2,1-2H3,(H,17,20)/t14-/m1/s1. The Bertz CT molecular complexity index is 488. The minimum Gasteiger partial charge on any atom is -0.347 e. The topological polar surface area (TPSA) is 52.7 Å². The summed E-state index contributed by atoms with van der Waals surface area (Å²) in [6, 6.07) is 9.36. The number of nitrogens with one attached hydrogen (secondary N) is 1. The minimum absolute atomic E-state index is 0.0100. The fraction of sp³-hybridized carbons (Fsp3) is 0.500. The van der Waals surface area contributed by atoms with Crippen molar-refractivity contribution in [3.05, 3.63) is 30.3 Å². The van der Waals surface area contributed by atoms with Crippen LogP contribution in [0.4, 0.5) is 5.69 Å². The number of anilines is 1. The number of likely N-dealkylation sites (tertiary alicyclic amines) is 1. The van der Waals surface area contributed by atoms with Gasteiger partial charge in [0.1, 0.15) is 0 Å². The van der Waals surface area contributed by atoms with Crippen LogP contribution in [-0.2, 0) is 9.59 Å². The molecular formula is C16H23N3O2. The van der Waals surface area contributed by atoms with E-state index in [0.29, 0.717) is 13.0 Å². The van der Waals surface area contributed by atoms with Crippen molar-refractivity contribution in [2.75, 3.05) is 32.5 Å². The van der Waals surface area contributed by atoms with Crippen LogP contribution in [0.5, 0.6) is 0 Å². The molecule has 1 aliphatic heterocycles. The Labute approximate surface area is 125 Å². The summed E-state index contributed by atoms with van der Waals surface area (Å²) < 4.78 is 0. The number of rotatable bonds is 5. The Balaban J connectivity index is 1.82. The normalized spacial score (nSPS) is 18.5. The zero-order valence-electron chi connectivity index (χ0n) is 12.7. The number of amides is 2.